The van der Waals surface area contributed by atoms with Crippen LogP contribution in [0.1, 0.15) is 37.2 Å². The maximum atomic E-state index is 6.10. The largest absolute Gasteiger partial charge is 0.455 e. The van der Waals surface area contributed by atoms with Gasteiger partial charge in [0.15, 0.2) is 0 Å². The number of hydrogen-bond acceptors (Lipinski definition) is 2. The first kappa shape index (κ1) is 15.6. The lowest BCUT2D eigenvalue weighted by molar-refractivity contribution is 0.571. The molecule has 1 aliphatic rings. The van der Waals surface area contributed by atoms with Gasteiger partial charge >= 0.3 is 0 Å². The molecule has 0 fully saturated rings. The number of rotatable bonds is 4. The van der Waals surface area contributed by atoms with Crippen molar-refractivity contribution in [2.75, 3.05) is 0 Å². The molecule has 2 heterocycles. The predicted octanol–water partition coefficient (Wildman–Crippen LogP) is 6.13. The summed E-state index contributed by atoms with van der Waals surface area (Å²) in [7, 11) is 0. The fourth-order valence-corrected chi connectivity index (χ4v) is 3.21. The fraction of sp³-hybridized carbons (Fsp3) is 0.174. The Kier molecular flexibility index (Phi) is 4.10. The first-order valence-electron chi connectivity index (χ1n) is 8.77. The van der Waals surface area contributed by atoms with Crippen LogP contribution in [0.2, 0.25) is 0 Å². The molecule has 0 N–H and O–H groups in total. The van der Waals surface area contributed by atoms with Crippen LogP contribution in [0.4, 0.5) is 0 Å². The lowest BCUT2D eigenvalue weighted by atomic mass is 10.1. The highest BCUT2D eigenvalue weighted by molar-refractivity contribution is 6.07. The maximum Gasteiger partial charge on any atom is 0.149 e. The molecule has 2 aromatic carbocycles. The van der Waals surface area contributed by atoms with Crippen LogP contribution in [0.25, 0.3) is 17.0 Å². The SMILES string of the molecule is CCc1ccc(-c2ccc(C3=NC(c4ccccc4)=C(C)C3)o2)cc1. The van der Waals surface area contributed by atoms with Crippen LogP contribution in [-0.2, 0) is 6.42 Å². The van der Waals surface area contributed by atoms with Gasteiger partial charge in [0.2, 0.25) is 0 Å². The molecular formula is C23H21NO. The topological polar surface area (TPSA) is 25.5 Å². The number of furan rings is 1. The Labute approximate surface area is 148 Å². The minimum Gasteiger partial charge on any atom is -0.455 e. The smallest absolute Gasteiger partial charge is 0.149 e. The molecule has 0 unspecified atom stereocenters. The molecule has 2 nitrogen and oxygen atoms in total. The molecule has 0 amide bonds. The van der Waals surface area contributed by atoms with Crippen molar-refractivity contribution >= 4 is 11.4 Å². The molecule has 0 spiro atoms. The first-order valence-corrected chi connectivity index (χ1v) is 8.77. The zero-order chi connectivity index (χ0) is 17.2. The van der Waals surface area contributed by atoms with E-state index in [4.69, 9.17) is 9.41 Å². The lowest BCUT2D eigenvalue weighted by Crippen LogP contribution is -1.94. The van der Waals surface area contributed by atoms with Crippen molar-refractivity contribution in [3.8, 4) is 11.3 Å². The van der Waals surface area contributed by atoms with Gasteiger partial charge in [0.05, 0.1) is 11.4 Å². The standard InChI is InChI=1S/C23H21NO/c1-3-17-9-11-18(12-10-17)21-13-14-22(25-21)20-15-16(2)23(24-20)19-7-5-4-6-8-19/h4-14H,3,15H2,1-2H3. The molecule has 0 radical (unpaired) electrons. The van der Waals surface area contributed by atoms with Gasteiger partial charge in [-0.3, -0.25) is 0 Å². The summed E-state index contributed by atoms with van der Waals surface area (Å²) >= 11 is 0. The van der Waals surface area contributed by atoms with Crippen molar-refractivity contribution < 1.29 is 4.42 Å². The van der Waals surface area contributed by atoms with E-state index in [-0.39, 0.29) is 0 Å². The zero-order valence-corrected chi connectivity index (χ0v) is 14.6. The molecular weight excluding hydrogens is 306 g/mol. The number of hydrogen-bond donors (Lipinski definition) is 0. The normalized spacial score (nSPS) is 14.1. The number of benzene rings is 2. The zero-order valence-electron chi connectivity index (χ0n) is 14.6. The summed E-state index contributed by atoms with van der Waals surface area (Å²) < 4.78 is 6.10. The molecule has 1 aliphatic heterocycles. The van der Waals surface area contributed by atoms with Crippen LogP contribution in [-0.4, -0.2) is 5.71 Å². The minimum absolute atomic E-state index is 0.839. The van der Waals surface area contributed by atoms with Crippen molar-refractivity contribution in [1.82, 2.24) is 0 Å². The van der Waals surface area contributed by atoms with Crippen molar-refractivity contribution in [2.45, 2.75) is 26.7 Å². The van der Waals surface area contributed by atoms with Crippen LogP contribution in [0, 0.1) is 0 Å². The highest BCUT2D eigenvalue weighted by Crippen LogP contribution is 2.32. The fourth-order valence-electron chi connectivity index (χ4n) is 3.21. The molecule has 0 atom stereocenters. The molecule has 4 rings (SSSR count). The summed E-state index contributed by atoms with van der Waals surface area (Å²) in [5.74, 6) is 1.76. The number of aliphatic imine (C=N–C) groups is 1. The third kappa shape index (κ3) is 3.08. The highest BCUT2D eigenvalue weighted by Gasteiger charge is 2.20. The molecule has 0 aliphatic carbocycles. The quantitative estimate of drug-likeness (QED) is 0.565. The van der Waals surface area contributed by atoms with Crippen LogP contribution in [0.3, 0.4) is 0 Å². The Balaban J connectivity index is 1.61. The second-order valence-electron chi connectivity index (χ2n) is 6.44. The molecule has 0 bridgehead atoms. The first-order chi connectivity index (χ1) is 12.2. The van der Waals surface area contributed by atoms with E-state index in [0.29, 0.717) is 0 Å². The Bertz CT molecular complexity index is 943. The van der Waals surface area contributed by atoms with Gasteiger partial charge in [0.25, 0.3) is 0 Å². The average molecular weight is 327 g/mol. The van der Waals surface area contributed by atoms with Crippen molar-refractivity contribution in [3.63, 3.8) is 0 Å². The lowest BCUT2D eigenvalue weighted by Gasteiger charge is -2.00. The predicted molar refractivity (Wildman–Crippen MR) is 104 cm³/mol. The van der Waals surface area contributed by atoms with Crippen LogP contribution < -0.4 is 0 Å². The Morgan fingerprint density at radius 1 is 0.840 bits per heavy atom. The molecule has 124 valence electrons. The molecule has 3 aromatic rings. The van der Waals surface area contributed by atoms with Crippen molar-refractivity contribution in [2.24, 2.45) is 4.99 Å². The Hall–Kier alpha value is -2.87. The minimum atomic E-state index is 0.839. The third-order valence-corrected chi connectivity index (χ3v) is 4.67. The number of aryl methyl sites for hydroxylation is 1. The summed E-state index contributed by atoms with van der Waals surface area (Å²) in [5, 5.41) is 0. The van der Waals surface area contributed by atoms with Crippen molar-refractivity contribution in [1.29, 1.82) is 0 Å². The Morgan fingerprint density at radius 2 is 1.56 bits per heavy atom. The van der Waals surface area contributed by atoms with E-state index >= 15 is 0 Å². The van der Waals surface area contributed by atoms with Gasteiger partial charge in [-0.25, -0.2) is 4.99 Å². The summed E-state index contributed by atoms with van der Waals surface area (Å²) in [4.78, 5) is 4.85. The third-order valence-electron chi connectivity index (χ3n) is 4.67. The highest BCUT2D eigenvalue weighted by atomic mass is 16.3. The molecule has 25 heavy (non-hydrogen) atoms. The summed E-state index contributed by atoms with van der Waals surface area (Å²) in [6.45, 7) is 4.31. The van der Waals surface area contributed by atoms with E-state index in [2.05, 4.69) is 50.2 Å². The number of nitrogens with zero attached hydrogens (tertiary/aromatic N) is 1. The van der Waals surface area contributed by atoms with Gasteiger partial charge in [0.1, 0.15) is 11.5 Å². The molecule has 0 saturated heterocycles. The van der Waals surface area contributed by atoms with Gasteiger partial charge < -0.3 is 4.42 Å². The van der Waals surface area contributed by atoms with Gasteiger partial charge in [-0.1, -0.05) is 61.5 Å². The van der Waals surface area contributed by atoms with E-state index in [0.717, 1.165) is 46.9 Å². The van der Waals surface area contributed by atoms with E-state index in [1.165, 1.54) is 11.1 Å². The molecule has 1 aromatic heterocycles. The number of allylic oxidation sites excluding steroid dienone is 1. The van der Waals surface area contributed by atoms with E-state index in [1.54, 1.807) is 0 Å². The molecule has 2 heteroatoms. The van der Waals surface area contributed by atoms with Gasteiger partial charge in [-0.05, 0) is 36.6 Å². The van der Waals surface area contributed by atoms with E-state index in [1.807, 2.05) is 30.3 Å². The van der Waals surface area contributed by atoms with Gasteiger partial charge in [-0.15, -0.1) is 0 Å². The monoisotopic (exact) mass is 327 g/mol. The van der Waals surface area contributed by atoms with Crippen molar-refractivity contribution in [3.05, 3.63) is 89.2 Å². The summed E-state index contributed by atoms with van der Waals surface area (Å²) in [6.07, 6.45) is 1.89. The van der Waals surface area contributed by atoms with E-state index in [9.17, 15) is 0 Å². The van der Waals surface area contributed by atoms with Crippen LogP contribution >= 0.6 is 0 Å². The van der Waals surface area contributed by atoms with E-state index < -0.39 is 0 Å². The maximum absolute atomic E-state index is 6.10. The summed E-state index contributed by atoms with van der Waals surface area (Å²) in [5.41, 5.74) is 6.97. The van der Waals surface area contributed by atoms with Crippen LogP contribution in [0.5, 0.6) is 0 Å². The second-order valence-corrected chi connectivity index (χ2v) is 6.44. The van der Waals surface area contributed by atoms with Gasteiger partial charge in [-0.2, -0.15) is 0 Å². The van der Waals surface area contributed by atoms with Crippen LogP contribution in [0.15, 0.2) is 81.7 Å². The van der Waals surface area contributed by atoms with Gasteiger partial charge in [0, 0.05) is 17.5 Å². The Morgan fingerprint density at radius 3 is 2.28 bits per heavy atom. The second kappa shape index (κ2) is 6.56. The average Bonchev–Trinajstić information content (AvgIpc) is 3.29. The summed E-state index contributed by atoms with van der Waals surface area (Å²) in [6, 6.07) is 23.0. The molecule has 0 saturated carbocycles.